The van der Waals surface area contributed by atoms with Crippen molar-refractivity contribution in [2.24, 2.45) is 0 Å². The van der Waals surface area contributed by atoms with Gasteiger partial charge in [0.15, 0.2) is 11.0 Å². The number of halogens is 1. The van der Waals surface area contributed by atoms with Crippen LogP contribution in [0.5, 0.6) is 0 Å². The molecule has 7 nitrogen and oxygen atoms in total. The molecule has 2 heterocycles. The van der Waals surface area contributed by atoms with Gasteiger partial charge in [-0.25, -0.2) is 4.98 Å². The molecule has 0 saturated heterocycles. The lowest BCUT2D eigenvalue weighted by atomic mass is 10.2. The van der Waals surface area contributed by atoms with Crippen molar-refractivity contribution in [3.05, 3.63) is 29.2 Å². The second kappa shape index (κ2) is 10.6. The number of thioether (sulfide) groups is 1. The number of anilines is 1. The number of unbranched alkanes of at least 4 members (excludes halogenated alkanes) is 1. The van der Waals surface area contributed by atoms with E-state index in [9.17, 15) is 4.79 Å². The number of pyridine rings is 1. The number of rotatable bonds is 10. The fourth-order valence-corrected chi connectivity index (χ4v) is 3.60. The molecule has 9 heteroatoms. The summed E-state index contributed by atoms with van der Waals surface area (Å²) in [6.07, 6.45) is 4.58. The third-order valence-corrected chi connectivity index (χ3v) is 5.31. The van der Waals surface area contributed by atoms with Crippen LogP contribution in [0.3, 0.4) is 0 Å². The Kier molecular flexibility index (Phi) is 8.53. The summed E-state index contributed by atoms with van der Waals surface area (Å²) in [7, 11) is 4.10. The van der Waals surface area contributed by atoms with Crippen LogP contribution in [0.1, 0.15) is 45.0 Å². The van der Waals surface area contributed by atoms with E-state index in [-0.39, 0.29) is 17.7 Å². The zero-order valence-corrected chi connectivity index (χ0v) is 17.8. The van der Waals surface area contributed by atoms with Gasteiger partial charge in [-0.2, -0.15) is 0 Å². The van der Waals surface area contributed by atoms with Crippen molar-refractivity contribution in [1.82, 2.24) is 24.6 Å². The Morgan fingerprint density at radius 2 is 2.11 bits per heavy atom. The summed E-state index contributed by atoms with van der Waals surface area (Å²) >= 11 is 7.20. The van der Waals surface area contributed by atoms with E-state index in [4.69, 9.17) is 11.6 Å². The first-order valence-corrected chi connectivity index (χ1v) is 10.5. The molecule has 0 aromatic carbocycles. The number of amides is 1. The summed E-state index contributed by atoms with van der Waals surface area (Å²) in [4.78, 5) is 18.5. The SMILES string of the molecule is CCCCn1c(SCC(=O)Nc2ccc(Cl)cn2)nnc1[C@@H](CC)N(C)C. The van der Waals surface area contributed by atoms with Crippen LogP contribution in [0.4, 0.5) is 5.82 Å². The second-order valence-electron chi connectivity index (χ2n) is 6.43. The summed E-state index contributed by atoms with van der Waals surface area (Å²) < 4.78 is 2.15. The van der Waals surface area contributed by atoms with Gasteiger partial charge in [0.1, 0.15) is 5.82 Å². The van der Waals surface area contributed by atoms with Gasteiger partial charge in [0.2, 0.25) is 5.91 Å². The fraction of sp³-hybridized carbons (Fsp3) is 0.556. The van der Waals surface area contributed by atoms with Gasteiger partial charge in [-0.05, 0) is 39.1 Å². The molecule has 27 heavy (non-hydrogen) atoms. The van der Waals surface area contributed by atoms with Crippen LogP contribution >= 0.6 is 23.4 Å². The topological polar surface area (TPSA) is 75.9 Å². The molecular formula is C18H27ClN6OS. The van der Waals surface area contributed by atoms with Crippen LogP contribution in [0, 0.1) is 0 Å². The lowest BCUT2D eigenvalue weighted by molar-refractivity contribution is -0.113. The molecule has 148 valence electrons. The van der Waals surface area contributed by atoms with Gasteiger partial charge < -0.3 is 9.88 Å². The van der Waals surface area contributed by atoms with E-state index in [2.05, 4.69) is 43.8 Å². The van der Waals surface area contributed by atoms with Crippen molar-refractivity contribution in [3.8, 4) is 0 Å². The Bertz CT molecular complexity index is 734. The van der Waals surface area contributed by atoms with E-state index in [1.807, 2.05) is 14.1 Å². The van der Waals surface area contributed by atoms with E-state index < -0.39 is 0 Å². The largest absolute Gasteiger partial charge is 0.310 e. The molecule has 0 fully saturated rings. The molecule has 0 unspecified atom stereocenters. The second-order valence-corrected chi connectivity index (χ2v) is 7.81. The van der Waals surface area contributed by atoms with Crippen molar-refractivity contribution >= 4 is 35.1 Å². The summed E-state index contributed by atoms with van der Waals surface area (Å²) in [5.74, 6) is 1.55. The van der Waals surface area contributed by atoms with Crippen LogP contribution in [-0.2, 0) is 11.3 Å². The number of hydrogen-bond donors (Lipinski definition) is 1. The zero-order chi connectivity index (χ0) is 19.8. The Labute approximate surface area is 169 Å². The van der Waals surface area contributed by atoms with Gasteiger partial charge in [-0.1, -0.05) is 43.6 Å². The standard InChI is InChI=1S/C18H27ClN6OS/c1-5-7-10-25-17(14(6-2)24(3)4)22-23-18(25)27-12-16(26)21-15-9-8-13(19)11-20-15/h8-9,11,14H,5-7,10,12H2,1-4H3,(H,20,21,26)/t14-/m1/s1. The van der Waals surface area contributed by atoms with Crippen LogP contribution in [-0.4, -0.2) is 50.4 Å². The van der Waals surface area contributed by atoms with Crippen LogP contribution in [0.25, 0.3) is 0 Å². The molecular weight excluding hydrogens is 384 g/mol. The highest BCUT2D eigenvalue weighted by Crippen LogP contribution is 2.25. The maximum Gasteiger partial charge on any atom is 0.236 e. The fourth-order valence-electron chi connectivity index (χ4n) is 2.72. The highest BCUT2D eigenvalue weighted by Gasteiger charge is 2.22. The molecule has 0 saturated carbocycles. The molecule has 2 aromatic rings. The number of carbonyl (C=O) groups is 1. The summed E-state index contributed by atoms with van der Waals surface area (Å²) in [6, 6.07) is 3.57. The molecule has 1 N–H and O–H groups in total. The maximum atomic E-state index is 12.2. The highest BCUT2D eigenvalue weighted by molar-refractivity contribution is 7.99. The molecule has 0 aliphatic carbocycles. The molecule has 0 radical (unpaired) electrons. The van der Waals surface area contributed by atoms with Crippen molar-refractivity contribution in [2.45, 2.75) is 50.9 Å². The molecule has 0 aliphatic heterocycles. The third-order valence-electron chi connectivity index (χ3n) is 4.12. The number of nitrogens with one attached hydrogen (secondary N) is 1. The summed E-state index contributed by atoms with van der Waals surface area (Å²) in [5, 5.41) is 12.8. The van der Waals surface area contributed by atoms with Crippen molar-refractivity contribution in [3.63, 3.8) is 0 Å². The van der Waals surface area contributed by atoms with Crippen molar-refractivity contribution in [1.29, 1.82) is 0 Å². The maximum absolute atomic E-state index is 12.2. The average Bonchev–Trinajstić information content (AvgIpc) is 3.03. The number of nitrogens with zero attached hydrogens (tertiary/aromatic N) is 5. The highest BCUT2D eigenvalue weighted by atomic mass is 35.5. The number of hydrogen-bond acceptors (Lipinski definition) is 6. The zero-order valence-electron chi connectivity index (χ0n) is 16.3. The van der Waals surface area contributed by atoms with Gasteiger partial charge in [0.05, 0.1) is 16.8 Å². The molecule has 1 atom stereocenters. The number of aromatic nitrogens is 4. The summed E-state index contributed by atoms with van der Waals surface area (Å²) in [6.45, 7) is 5.15. The average molecular weight is 411 g/mol. The first-order valence-electron chi connectivity index (χ1n) is 9.10. The minimum absolute atomic E-state index is 0.138. The predicted octanol–water partition coefficient (Wildman–Crippen LogP) is 3.87. The molecule has 0 bridgehead atoms. The van der Waals surface area contributed by atoms with E-state index in [0.29, 0.717) is 10.8 Å². The normalized spacial score (nSPS) is 12.4. The Morgan fingerprint density at radius 3 is 2.70 bits per heavy atom. The van der Waals surface area contributed by atoms with E-state index in [1.165, 1.54) is 18.0 Å². The third kappa shape index (κ3) is 6.19. The first-order chi connectivity index (χ1) is 13.0. The number of carbonyl (C=O) groups excluding carboxylic acids is 1. The quantitative estimate of drug-likeness (QED) is 0.599. The minimum atomic E-state index is -0.138. The van der Waals surface area contributed by atoms with E-state index >= 15 is 0 Å². The van der Waals surface area contributed by atoms with Crippen LogP contribution in [0.15, 0.2) is 23.5 Å². The lowest BCUT2D eigenvalue weighted by Crippen LogP contribution is -2.23. The van der Waals surface area contributed by atoms with Crippen molar-refractivity contribution < 1.29 is 4.79 Å². The van der Waals surface area contributed by atoms with Gasteiger partial charge in [-0.15, -0.1) is 10.2 Å². The predicted molar refractivity (Wildman–Crippen MR) is 110 cm³/mol. The Hall–Kier alpha value is -1.64. The van der Waals surface area contributed by atoms with Gasteiger partial charge in [0.25, 0.3) is 0 Å². The lowest BCUT2D eigenvalue weighted by Gasteiger charge is -2.23. The van der Waals surface area contributed by atoms with Gasteiger partial charge >= 0.3 is 0 Å². The first kappa shape index (κ1) is 21.7. The molecule has 2 rings (SSSR count). The van der Waals surface area contributed by atoms with Crippen molar-refractivity contribution in [2.75, 3.05) is 25.2 Å². The van der Waals surface area contributed by atoms with Gasteiger partial charge in [-0.3, -0.25) is 9.69 Å². The van der Waals surface area contributed by atoms with E-state index in [1.54, 1.807) is 12.1 Å². The van der Waals surface area contributed by atoms with Crippen LogP contribution < -0.4 is 5.32 Å². The van der Waals surface area contributed by atoms with Crippen LogP contribution in [0.2, 0.25) is 5.02 Å². The molecule has 1 amide bonds. The Balaban J connectivity index is 2.06. The van der Waals surface area contributed by atoms with E-state index in [0.717, 1.165) is 36.8 Å². The monoisotopic (exact) mass is 410 g/mol. The van der Waals surface area contributed by atoms with Gasteiger partial charge in [0, 0.05) is 12.7 Å². The minimum Gasteiger partial charge on any atom is -0.310 e. The summed E-state index contributed by atoms with van der Waals surface area (Å²) in [5.41, 5.74) is 0. The Morgan fingerprint density at radius 1 is 1.33 bits per heavy atom. The molecule has 0 aliphatic rings. The molecule has 2 aromatic heterocycles. The smallest absolute Gasteiger partial charge is 0.236 e. The molecule has 0 spiro atoms.